The summed E-state index contributed by atoms with van der Waals surface area (Å²) in [6.07, 6.45) is -0.562. The van der Waals surface area contributed by atoms with Gasteiger partial charge in [0.05, 0.1) is 16.6 Å². The van der Waals surface area contributed by atoms with Gasteiger partial charge in [-0.15, -0.1) is 0 Å². The Bertz CT molecular complexity index is 1030. The van der Waals surface area contributed by atoms with Gasteiger partial charge in [-0.3, -0.25) is 9.48 Å². The summed E-state index contributed by atoms with van der Waals surface area (Å²) in [5.41, 5.74) is 0.349. The number of ether oxygens (including phenoxy) is 1. The van der Waals surface area contributed by atoms with E-state index in [4.69, 9.17) is 11.6 Å². The van der Waals surface area contributed by atoms with Gasteiger partial charge in [0.25, 0.3) is 5.91 Å². The van der Waals surface area contributed by atoms with Gasteiger partial charge in [0, 0.05) is 19.2 Å². The van der Waals surface area contributed by atoms with Crippen molar-refractivity contribution >= 4 is 17.5 Å². The van der Waals surface area contributed by atoms with Gasteiger partial charge in [0.2, 0.25) is 0 Å². The second kappa shape index (κ2) is 11.1. The summed E-state index contributed by atoms with van der Waals surface area (Å²) in [4.78, 5) is 12.8. The fraction of sp³-hybridized carbons (Fsp3) is 0.583. The highest BCUT2D eigenvalue weighted by Gasteiger charge is 2.36. The molecule has 0 radical (unpaired) electrons. The number of nitrogens with one attached hydrogen (secondary N) is 1. The Morgan fingerprint density at radius 2 is 1.91 bits per heavy atom. The number of aryl methyl sites for hydroxylation is 1. The lowest BCUT2D eigenvalue weighted by atomic mass is 9.83. The standard InChI is InChI=1S/C24H29ClF5N3O2/c1-13-4-6-15(7-5-13)12-31-22(34)20-19(25)21(33(3)32-20)17-9-8-16(10-14(2)24(28,29)30)11-18(17)35-23(26)27/h8-9,11,13-15,23H,4-7,10,12H2,1-3H3,(H,31,34)/t13?,14-,15?/m1/s1. The molecule has 1 aliphatic rings. The van der Waals surface area contributed by atoms with Crippen LogP contribution < -0.4 is 10.1 Å². The molecule has 1 fully saturated rings. The monoisotopic (exact) mass is 521 g/mol. The first-order chi connectivity index (χ1) is 16.4. The van der Waals surface area contributed by atoms with E-state index in [2.05, 4.69) is 22.1 Å². The Hall–Kier alpha value is -2.36. The third-order valence-electron chi connectivity index (χ3n) is 6.51. The molecule has 1 atom stereocenters. The Morgan fingerprint density at radius 1 is 1.26 bits per heavy atom. The van der Waals surface area contributed by atoms with E-state index in [0.29, 0.717) is 18.4 Å². The van der Waals surface area contributed by atoms with Crippen LogP contribution in [0.25, 0.3) is 11.3 Å². The highest BCUT2D eigenvalue weighted by molar-refractivity contribution is 6.36. The average Bonchev–Trinajstić information content (AvgIpc) is 3.06. The molecule has 1 aliphatic carbocycles. The first-order valence-electron chi connectivity index (χ1n) is 11.5. The van der Waals surface area contributed by atoms with E-state index in [1.54, 1.807) is 0 Å². The third-order valence-corrected chi connectivity index (χ3v) is 6.87. The third kappa shape index (κ3) is 6.86. The Kier molecular flexibility index (Phi) is 8.67. The van der Waals surface area contributed by atoms with Crippen LogP contribution in [0.4, 0.5) is 22.0 Å². The number of rotatable bonds is 8. The summed E-state index contributed by atoms with van der Waals surface area (Å²) in [5.74, 6) is -1.45. The molecule has 1 aromatic heterocycles. The zero-order valence-electron chi connectivity index (χ0n) is 19.8. The number of amides is 1. The molecule has 0 unspecified atom stereocenters. The number of nitrogens with zero attached hydrogens (tertiary/aromatic N) is 2. The molecule has 5 nitrogen and oxygen atoms in total. The Labute approximate surface area is 206 Å². The smallest absolute Gasteiger partial charge is 0.391 e. The van der Waals surface area contributed by atoms with Crippen LogP contribution in [0, 0.1) is 17.8 Å². The molecule has 1 N–H and O–H groups in total. The highest BCUT2D eigenvalue weighted by atomic mass is 35.5. The number of carbonyl (C=O) groups is 1. The summed E-state index contributed by atoms with van der Waals surface area (Å²) >= 11 is 6.46. The van der Waals surface area contributed by atoms with Crippen LogP contribution in [0.5, 0.6) is 5.75 Å². The molecule has 3 rings (SSSR count). The van der Waals surface area contributed by atoms with Crippen molar-refractivity contribution in [1.82, 2.24) is 15.1 Å². The number of aromatic nitrogens is 2. The van der Waals surface area contributed by atoms with Crippen molar-refractivity contribution in [3.8, 4) is 17.0 Å². The average molecular weight is 522 g/mol. The molecule has 2 aromatic rings. The van der Waals surface area contributed by atoms with Gasteiger partial charge in [-0.05, 0) is 48.8 Å². The van der Waals surface area contributed by atoms with Crippen LogP contribution in [-0.4, -0.2) is 35.0 Å². The number of halogens is 6. The lowest BCUT2D eigenvalue weighted by molar-refractivity contribution is -0.169. The van der Waals surface area contributed by atoms with Gasteiger partial charge in [-0.2, -0.15) is 27.1 Å². The maximum absolute atomic E-state index is 13.1. The molecule has 0 bridgehead atoms. The Balaban J connectivity index is 1.85. The number of benzene rings is 1. The minimum Gasteiger partial charge on any atom is -0.434 e. The van der Waals surface area contributed by atoms with Crippen molar-refractivity contribution in [2.24, 2.45) is 24.8 Å². The van der Waals surface area contributed by atoms with Crippen LogP contribution >= 0.6 is 11.6 Å². The zero-order valence-corrected chi connectivity index (χ0v) is 20.5. The molecular formula is C24H29ClF5N3O2. The zero-order chi connectivity index (χ0) is 25.9. The summed E-state index contributed by atoms with van der Waals surface area (Å²) in [5, 5.41) is 6.96. The van der Waals surface area contributed by atoms with E-state index >= 15 is 0 Å². The second-order valence-electron chi connectivity index (χ2n) is 9.33. The van der Waals surface area contributed by atoms with Crippen LogP contribution in [0.2, 0.25) is 5.02 Å². The van der Waals surface area contributed by atoms with Crippen LogP contribution in [0.3, 0.4) is 0 Å². The normalized spacial score (nSPS) is 19.6. The van der Waals surface area contributed by atoms with Crippen molar-refractivity contribution in [1.29, 1.82) is 0 Å². The van der Waals surface area contributed by atoms with Crippen molar-refractivity contribution in [3.05, 3.63) is 34.5 Å². The molecule has 0 aliphatic heterocycles. The molecule has 35 heavy (non-hydrogen) atoms. The largest absolute Gasteiger partial charge is 0.434 e. The first-order valence-corrected chi connectivity index (χ1v) is 11.9. The van der Waals surface area contributed by atoms with Gasteiger partial charge >= 0.3 is 12.8 Å². The second-order valence-corrected chi connectivity index (χ2v) is 9.70. The molecular weight excluding hydrogens is 493 g/mol. The molecule has 1 heterocycles. The fourth-order valence-corrected chi connectivity index (χ4v) is 4.69. The molecule has 1 amide bonds. The molecule has 11 heteroatoms. The van der Waals surface area contributed by atoms with E-state index in [1.807, 2.05) is 0 Å². The van der Waals surface area contributed by atoms with Crippen molar-refractivity contribution in [3.63, 3.8) is 0 Å². The first kappa shape index (κ1) is 27.2. The van der Waals surface area contributed by atoms with Gasteiger partial charge < -0.3 is 10.1 Å². The quantitative estimate of drug-likeness (QED) is 0.396. The number of hydrogen-bond acceptors (Lipinski definition) is 3. The van der Waals surface area contributed by atoms with E-state index in [9.17, 15) is 26.7 Å². The summed E-state index contributed by atoms with van der Waals surface area (Å²) < 4.78 is 71.0. The molecule has 0 spiro atoms. The summed E-state index contributed by atoms with van der Waals surface area (Å²) in [7, 11) is 1.49. The van der Waals surface area contributed by atoms with Crippen molar-refractivity contribution in [2.75, 3.05) is 6.54 Å². The predicted molar refractivity (Wildman–Crippen MR) is 123 cm³/mol. The van der Waals surface area contributed by atoms with Crippen LogP contribution in [-0.2, 0) is 13.5 Å². The van der Waals surface area contributed by atoms with E-state index in [1.165, 1.54) is 23.9 Å². The Morgan fingerprint density at radius 3 is 2.51 bits per heavy atom. The number of hydrogen-bond donors (Lipinski definition) is 1. The summed E-state index contributed by atoms with van der Waals surface area (Å²) in [6, 6.07) is 3.88. The van der Waals surface area contributed by atoms with E-state index in [-0.39, 0.29) is 33.3 Å². The molecule has 1 saturated carbocycles. The molecule has 0 saturated heterocycles. The van der Waals surface area contributed by atoms with Crippen LogP contribution in [0.15, 0.2) is 18.2 Å². The highest BCUT2D eigenvalue weighted by Crippen LogP contribution is 2.39. The lowest BCUT2D eigenvalue weighted by Gasteiger charge is -2.26. The van der Waals surface area contributed by atoms with Gasteiger partial charge in [0.1, 0.15) is 5.75 Å². The lowest BCUT2D eigenvalue weighted by Crippen LogP contribution is -2.31. The minimum atomic E-state index is -4.42. The number of alkyl halides is 5. The maximum atomic E-state index is 13.1. The van der Waals surface area contributed by atoms with Gasteiger partial charge in [-0.25, -0.2) is 0 Å². The van der Waals surface area contributed by atoms with Crippen LogP contribution in [0.1, 0.15) is 55.6 Å². The topological polar surface area (TPSA) is 56.2 Å². The predicted octanol–water partition coefficient (Wildman–Crippen LogP) is 6.64. The van der Waals surface area contributed by atoms with Crippen molar-refractivity contribution < 1.29 is 31.5 Å². The fourth-order valence-electron chi connectivity index (χ4n) is 4.34. The SMILES string of the molecule is CC1CCC(CNC(=O)c2nn(C)c(-c3ccc(C[C@@H](C)C(F)(F)F)cc3OC(F)F)c2Cl)CC1. The minimum absolute atomic E-state index is 0.0576. The van der Waals surface area contributed by atoms with E-state index in [0.717, 1.165) is 38.7 Å². The van der Waals surface area contributed by atoms with E-state index < -0.39 is 31.0 Å². The molecule has 194 valence electrons. The molecule has 1 aromatic carbocycles. The summed E-state index contributed by atoms with van der Waals surface area (Å²) in [6.45, 7) is 0.495. The van der Waals surface area contributed by atoms with Gasteiger partial charge in [-0.1, -0.05) is 44.4 Å². The van der Waals surface area contributed by atoms with Gasteiger partial charge in [0.15, 0.2) is 5.69 Å². The van der Waals surface area contributed by atoms with Crippen molar-refractivity contribution in [2.45, 2.75) is 58.7 Å². The maximum Gasteiger partial charge on any atom is 0.391 e. The number of carbonyl (C=O) groups excluding carboxylic acids is 1.